The largest absolute Gasteiger partial charge is 0.497 e. The minimum Gasteiger partial charge on any atom is -0.497 e. The Morgan fingerprint density at radius 2 is 1.68 bits per heavy atom. The number of nitriles is 2. The van der Waals surface area contributed by atoms with E-state index in [1.54, 1.807) is 43.5 Å². The normalized spacial score (nSPS) is 14.7. The first kappa shape index (κ1) is 16.2. The second-order valence-corrected chi connectivity index (χ2v) is 5.46. The lowest BCUT2D eigenvalue weighted by molar-refractivity contribution is 0.103. The van der Waals surface area contributed by atoms with Crippen molar-refractivity contribution in [3.05, 3.63) is 70.3 Å². The van der Waals surface area contributed by atoms with Crippen LogP contribution >= 0.6 is 0 Å². The summed E-state index contributed by atoms with van der Waals surface area (Å²) in [7, 11) is 1.58. The molecule has 0 heterocycles. The van der Waals surface area contributed by atoms with E-state index >= 15 is 0 Å². The van der Waals surface area contributed by atoms with E-state index in [9.17, 15) is 15.3 Å². The number of hydrogen-bond donors (Lipinski definition) is 0. The van der Waals surface area contributed by atoms with Gasteiger partial charge in [0, 0.05) is 11.1 Å². The molecule has 0 N–H and O–H groups in total. The van der Waals surface area contributed by atoms with Crippen LogP contribution in [0.2, 0.25) is 0 Å². The number of aliphatic imine (C=N–C) groups is 1. The predicted molar refractivity (Wildman–Crippen MR) is 93.0 cm³/mol. The van der Waals surface area contributed by atoms with Gasteiger partial charge in [-0.2, -0.15) is 10.5 Å². The molecular weight excluding hydrogens is 314 g/mol. The number of fused-ring (bicyclic) bond motifs is 1. The van der Waals surface area contributed by atoms with Gasteiger partial charge in [0.25, 0.3) is 0 Å². The summed E-state index contributed by atoms with van der Waals surface area (Å²) < 4.78 is 5.19. The number of nitrogens with zero attached hydrogens (tertiary/aromatic N) is 3. The zero-order chi connectivity index (χ0) is 18.0. The molecule has 2 aromatic carbocycles. The summed E-state index contributed by atoms with van der Waals surface area (Å²) in [5.74, 6) is 0.259. The van der Waals surface area contributed by atoms with Gasteiger partial charge in [0.15, 0.2) is 0 Å². The number of hydrogen-bond acceptors (Lipinski definition) is 5. The predicted octanol–water partition coefficient (Wildman–Crippen LogP) is 3.66. The lowest BCUT2D eigenvalue weighted by Gasteiger charge is -2.17. The number of ketones is 1. The van der Waals surface area contributed by atoms with Crippen LogP contribution in [0.4, 0.5) is 5.69 Å². The molecule has 0 spiro atoms. The number of allylic oxidation sites excluding steroid dienone is 2. The Morgan fingerprint density at radius 1 is 1.00 bits per heavy atom. The Morgan fingerprint density at radius 3 is 2.28 bits per heavy atom. The van der Waals surface area contributed by atoms with Gasteiger partial charge in [0.05, 0.1) is 18.5 Å². The number of aryl methyl sites for hydroxylation is 1. The highest BCUT2D eigenvalue weighted by molar-refractivity contribution is 6.31. The minimum atomic E-state index is -0.444. The summed E-state index contributed by atoms with van der Waals surface area (Å²) in [4.78, 5) is 17.1. The number of methoxy groups -OCH3 is 1. The van der Waals surface area contributed by atoms with E-state index in [0.29, 0.717) is 28.3 Å². The number of carbonyl (C=O) groups excluding carboxylic acids is 1. The van der Waals surface area contributed by atoms with Crippen LogP contribution in [0.15, 0.2) is 58.6 Å². The number of ether oxygens (including phenoxy) is 1. The number of benzene rings is 2. The average Bonchev–Trinajstić information content (AvgIpc) is 2.64. The lowest BCUT2D eigenvalue weighted by atomic mass is 9.84. The topological polar surface area (TPSA) is 86.2 Å². The third-order valence-corrected chi connectivity index (χ3v) is 4.00. The number of carbonyl (C=O) groups is 1. The zero-order valence-corrected chi connectivity index (χ0v) is 13.7. The molecule has 0 saturated heterocycles. The molecule has 5 heteroatoms. The molecule has 3 rings (SSSR count). The van der Waals surface area contributed by atoms with Crippen LogP contribution in [0, 0.1) is 29.6 Å². The Bertz CT molecular complexity index is 1030. The molecule has 0 aliphatic heterocycles. The highest BCUT2D eigenvalue weighted by Crippen LogP contribution is 2.30. The van der Waals surface area contributed by atoms with Gasteiger partial charge in [-0.3, -0.25) is 4.79 Å². The average molecular weight is 327 g/mol. The monoisotopic (exact) mass is 327 g/mol. The summed E-state index contributed by atoms with van der Waals surface area (Å²) >= 11 is 0. The second-order valence-electron chi connectivity index (χ2n) is 5.46. The first-order chi connectivity index (χ1) is 12.1. The van der Waals surface area contributed by atoms with Gasteiger partial charge in [-0.15, -0.1) is 0 Å². The minimum absolute atomic E-state index is 0.00131. The van der Waals surface area contributed by atoms with E-state index in [4.69, 9.17) is 4.74 Å². The molecule has 5 nitrogen and oxygen atoms in total. The van der Waals surface area contributed by atoms with Gasteiger partial charge in [0.1, 0.15) is 29.0 Å². The fourth-order valence-corrected chi connectivity index (χ4v) is 2.72. The SMILES string of the molecule is COc1ccc(N=C2C(C#N)=C(C#N)C(=O)c3ccccc32)c(C)c1. The molecule has 0 radical (unpaired) electrons. The highest BCUT2D eigenvalue weighted by atomic mass is 16.5. The molecule has 1 aliphatic carbocycles. The number of Topliss-reactive ketones (excluding diaryl/α,β-unsaturated/α-hetero) is 1. The van der Waals surface area contributed by atoms with Crippen LogP contribution in [0.5, 0.6) is 5.75 Å². The molecule has 2 aromatic rings. The summed E-state index contributed by atoms with van der Waals surface area (Å²) in [6, 6.07) is 16.1. The van der Waals surface area contributed by atoms with Crippen LogP contribution in [0.3, 0.4) is 0 Å². The Kier molecular flexibility index (Phi) is 4.16. The fourth-order valence-electron chi connectivity index (χ4n) is 2.72. The summed E-state index contributed by atoms with van der Waals surface area (Å²) in [5, 5.41) is 18.9. The first-order valence-electron chi connectivity index (χ1n) is 7.53. The molecule has 0 bridgehead atoms. The standard InChI is InChI=1S/C20H13N3O2/c1-12-9-13(25-2)7-8-18(12)23-19-14-5-3-4-6-15(14)20(24)17(11-22)16(19)10-21/h3-9H,1-2H3. The van der Waals surface area contributed by atoms with E-state index in [0.717, 1.165) is 5.56 Å². The van der Waals surface area contributed by atoms with Gasteiger partial charge < -0.3 is 4.74 Å². The van der Waals surface area contributed by atoms with Gasteiger partial charge in [-0.1, -0.05) is 24.3 Å². The van der Waals surface area contributed by atoms with Gasteiger partial charge >= 0.3 is 0 Å². The zero-order valence-electron chi connectivity index (χ0n) is 13.7. The lowest BCUT2D eigenvalue weighted by Crippen LogP contribution is -2.21. The van der Waals surface area contributed by atoms with Crippen molar-refractivity contribution in [1.82, 2.24) is 0 Å². The molecule has 0 amide bonds. The van der Waals surface area contributed by atoms with Gasteiger partial charge in [-0.25, -0.2) is 4.99 Å². The van der Waals surface area contributed by atoms with Crippen LogP contribution in [-0.4, -0.2) is 18.6 Å². The Hall–Kier alpha value is -3.70. The Balaban J connectivity index is 2.29. The molecule has 0 aromatic heterocycles. The summed E-state index contributed by atoms with van der Waals surface area (Å²) in [5.41, 5.74) is 2.60. The van der Waals surface area contributed by atoms with Crippen molar-refractivity contribution in [2.24, 2.45) is 4.99 Å². The van der Waals surface area contributed by atoms with Gasteiger partial charge in [0.2, 0.25) is 5.78 Å². The van der Waals surface area contributed by atoms with E-state index in [1.165, 1.54) is 0 Å². The van der Waals surface area contributed by atoms with Crippen LogP contribution in [-0.2, 0) is 0 Å². The van der Waals surface area contributed by atoms with Crippen molar-refractivity contribution in [3.8, 4) is 17.9 Å². The third-order valence-electron chi connectivity index (χ3n) is 4.00. The smallest absolute Gasteiger partial charge is 0.205 e. The summed E-state index contributed by atoms with van der Waals surface area (Å²) in [6.07, 6.45) is 0. The van der Waals surface area contributed by atoms with E-state index in [1.807, 2.05) is 25.1 Å². The molecular formula is C20H13N3O2. The van der Waals surface area contributed by atoms with Crippen LogP contribution in [0.1, 0.15) is 21.5 Å². The summed E-state index contributed by atoms with van der Waals surface area (Å²) in [6.45, 7) is 1.88. The van der Waals surface area contributed by atoms with Crippen molar-refractivity contribution < 1.29 is 9.53 Å². The van der Waals surface area contributed by atoms with Crippen LogP contribution in [0.25, 0.3) is 0 Å². The van der Waals surface area contributed by atoms with Crippen molar-refractivity contribution in [1.29, 1.82) is 10.5 Å². The molecule has 0 saturated carbocycles. The molecule has 120 valence electrons. The van der Waals surface area contributed by atoms with Crippen molar-refractivity contribution >= 4 is 17.2 Å². The quantitative estimate of drug-likeness (QED) is 0.842. The molecule has 1 aliphatic rings. The molecule has 0 fully saturated rings. The maximum Gasteiger partial charge on any atom is 0.205 e. The van der Waals surface area contributed by atoms with E-state index < -0.39 is 5.78 Å². The van der Waals surface area contributed by atoms with Crippen LogP contribution < -0.4 is 4.74 Å². The van der Waals surface area contributed by atoms with E-state index in [2.05, 4.69) is 4.99 Å². The van der Waals surface area contributed by atoms with E-state index in [-0.39, 0.29) is 11.1 Å². The maximum atomic E-state index is 12.5. The molecule has 0 unspecified atom stereocenters. The highest BCUT2D eigenvalue weighted by Gasteiger charge is 2.30. The third kappa shape index (κ3) is 2.69. The Labute approximate surface area is 145 Å². The van der Waals surface area contributed by atoms with Gasteiger partial charge in [-0.05, 0) is 30.7 Å². The second kappa shape index (κ2) is 6.43. The van der Waals surface area contributed by atoms with Crippen molar-refractivity contribution in [3.63, 3.8) is 0 Å². The molecule has 0 atom stereocenters. The number of rotatable bonds is 2. The van der Waals surface area contributed by atoms with Crippen molar-refractivity contribution in [2.45, 2.75) is 6.92 Å². The van der Waals surface area contributed by atoms with Crippen molar-refractivity contribution in [2.75, 3.05) is 7.11 Å². The first-order valence-corrected chi connectivity index (χ1v) is 7.53. The maximum absolute atomic E-state index is 12.5. The molecule has 25 heavy (non-hydrogen) atoms. The fraction of sp³-hybridized carbons (Fsp3) is 0.100.